The topological polar surface area (TPSA) is 82.9 Å². The molecule has 1 N–H and O–H groups in total. The normalized spacial score (nSPS) is 19.3. The third-order valence-corrected chi connectivity index (χ3v) is 6.81. The molecule has 8 heteroatoms. The number of nitrogens with one attached hydrogen (secondary N) is 1. The number of carbonyl (C=O) groups excluding carboxylic acids is 3. The minimum Gasteiger partial charge on any atom is -0.459 e. The fraction of sp³-hybridized carbons (Fsp3) is 0.269. The first-order valence-corrected chi connectivity index (χ1v) is 11.6. The average Bonchev–Trinajstić information content (AvgIpc) is 3.39. The molecular formula is C26H24ClN3O4. The van der Waals surface area contributed by atoms with Crippen LogP contribution >= 0.6 is 11.6 Å². The maximum absolute atomic E-state index is 13.4. The number of halogens is 1. The van der Waals surface area contributed by atoms with Gasteiger partial charge in [-0.3, -0.25) is 14.5 Å². The van der Waals surface area contributed by atoms with Gasteiger partial charge in [-0.05, 0) is 66.8 Å². The molecule has 34 heavy (non-hydrogen) atoms. The number of hydrogen-bond acceptors (Lipinski definition) is 4. The lowest BCUT2D eigenvalue weighted by molar-refractivity contribution is -0.139. The van der Waals surface area contributed by atoms with E-state index in [-0.39, 0.29) is 24.9 Å². The lowest BCUT2D eigenvalue weighted by Gasteiger charge is -2.33. The van der Waals surface area contributed by atoms with Gasteiger partial charge in [0.25, 0.3) is 5.91 Å². The highest BCUT2D eigenvalue weighted by Gasteiger charge is 2.54. The summed E-state index contributed by atoms with van der Waals surface area (Å²) in [5.74, 6) is 0.540. The fourth-order valence-electron chi connectivity index (χ4n) is 4.77. The summed E-state index contributed by atoms with van der Waals surface area (Å²) in [6.45, 7) is -0.111. The van der Waals surface area contributed by atoms with Gasteiger partial charge in [0.1, 0.15) is 23.6 Å². The molecular weight excluding hydrogens is 454 g/mol. The second-order valence-electron chi connectivity index (χ2n) is 8.76. The quantitative estimate of drug-likeness (QED) is 0.554. The summed E-state index contributed by atoms with van der Waals surface area (Å²) in [7, 11) is 1.62. The van der Waals surface area contributed by atoms with Crippen molar-refractivity contribution in [2.75, 3.05) is 13.6 Å². The zero-order valence-corrected chi connectivity index (χ0v) is 19.5. The number of likely N-dealkylation sites (N-methyl/N-ethyl adjacent to an activating group) is 1. The molecule has 1 aliphatic carbocycles. The van der Waals surface area contributed by atoms with Gasteiger partial charge in [-0.25, -0.2) is 4.79 Å². The minimum absolute atomic E-state index is 0.212. The summed E-state index contributed by atoms with van der Waals surface area (Å²) in [6.07, 6.45) is 2.18. The smallest absolute Gasteiger partial charge is 0.325 e. The Kier molecular flexibility index (Phi) is 5.65. The first-order valence-electron chi connectivity index (χ1n) is 11.2. The van der Waals surface area contributed by atoms with Crippen LogP contribution in [-0.4, -0.2) is 41.2 Å². The monoisotopic (exact) mass is 477 g/mol. The summed E-state index contributed by atoms with van der Waals surface area (Å²) in [4.78, 5) is 41.6. The van der Waals surface area contributed by atoms with Gasteiger partial charge in [-0.2, -0.15) is 0 Å². The molecule has 7 nitrogen and oxygen atoms in total. The molecule has 2 aliphatic rings. The van der Waals surface area contributed by atoms with E-state index < -0.39 is 11.6 Å². The first kappa shape index (κ1) is 22.2. The van der Waals surface area contributed by atoms with Crippen molar-refractivity contribution in [1.82, 2.24) is 15.1 Å². The second kappa shape index (κ2) is 8.65. The van der Waals surface area contributed by atoms with Crippen LogP contribution in [-0.2, 0) is 28.1 Å². The number of aryl methyl sites for hydroxylation is 1. The lowest BCUT2D eigenvalue weighted by Crippen LogP contribution is -2.47. The highest BCUT2D eigenvalue weighted by Crippen LogP contribution is 2.39. The van der Waals surface area contributed by atoms with Crippen LogP contribution in [0.15, 0.2) is 65.1 Å². The van der Waals surface area contributed by atoms with Gasteiger partial charge in [0.15, 0.2) is 0 Å². The van der Waals surface area contributed by atoms with Crippen molar-refractivity contribution in [2.24, 2.45) is 0 Å². The number of carbonyl (C=O) groups is 3. The third-order valence-electron chi connectivity index (χ3n) is 6.55. The molecule has 174 valence electrons. The molecule has 0 radical (unpaired) electrons. The Morgan fingerprint density at radius 2 is 1.88 bits per heavy atom. The molecule has 1 spiro atoms. The highest BCUT2D eigenvalue weighted by atomic mass is 35.5. The predicted molar refractivity (Wildman–Crippen MR) is 127 cm³/mol. The van der Waals surface area contributed by atoms with E-state index >= 15 is 0 Å². The zero-order valence-electron chi connectivity index (χ0n) is 18.7. The minimum atomic E-state index is -1.08. The molecule has 0 saturated carbocycles. The van der Waals surface area contributed by atoms with Crippen LogP contribution in [0.25, 0.3) is 11.3 Å². The van der Waals surface area contributed by atoms with E-state index in [1.807, 2.05) is 42.5 Å². The summed E-state index contributed by atoms with van der Waals surface area (Å²) in [6, 6.07) is 18.1. The van der Waals surface area contributed by atoms with Gasteiger partial charge in [0.2, 0.25) is 5.91 Å². The van der Waals surface area contributed by atoms with E-state index in [0.717, 1.165) is 34.4 Å². The number of imide groups is 1. The van der Waals surface area contributed by atoms with E-state index in [2.05, 4.69) is 5.32 Å². The number of amides is 4. The van der Waals surface area contributed by atoms with Crippen LogP contribution in [0, 0.1) is 0 Å². The lowest BCUT2D eigenvalue weighted by atomic mass is 9.76. The fourth-order valence-corrected chi connectivity index (χ4v) is 4.89. The number of urea groups is 1. The molecule has 2 aromatic carbocycles. The first-order chi connectivity index (χ1) is 16.4. The van der Waals surface area contributed by atoms with Gasteiger partial charge in [-0.1, -0.05) is 35.9 Å². The van der Waals surface area contributed by atoms with E-state index in [9.17, 15) is 14.4 Å². The molecule has 2 heterocycles. The standard InChI is InChI=1S/C26H24ClN3O4/c1-29(15-20-12-13-22(34-20)18-8-10-19(27)11-9-18)23(31)16-30-24(32)26(28-25(30)33)14-4-6-17-5-2-3-7-21(17)26/h2-3,5,7-13H,4,6,14-16H2,1H3,(H,28,33)/t26-/m0/s1. The Morgan fingerprint density at radius 1 is 1.12 bits per heavy atom. The largest absolute Gasteiger partial charge is 0.459 e. The molecule has 5 rings (SSSR count). The number of nitrogens with zero attached hydrogens (tertiary/aromatic N) is 2. The van der Waals surface area contributed by atoms with Crippen molar-refractivity contribution in [1.29, 1.82) is 0 Å². The van der Waals surface area contributed by atoms with Crippen LogP contribution in [0.4, 0.5) is 4.79 Å². The SMILES string of the molecule is CN(Cc1ccc(-c2ccc(Cl)cc2)o1)C(=O)CN1C(=O)N[C@]2(CCCc3ccccc32)C1=O. The average molecular weight is 478 g/mol. The maximum Gasteiger partial charge on any atom is 0.325 e. The molecule has 3 aromatic rings. The van der Waals surface area contributed by atoms with Crippen molar-refractivity contribution in [2.45, 2.75) is 31.3 Å². The van der Waals surface area contributed by atoms with Crippen LogP contribution in [0.5, 0.6) is 0 Å². The molecule has 0 unspecified atom stereocenters. The Hall–Kier alpha value is -3.58. The van der Waals surface area contributed by atoms with Gasteiger partial charge < -0.3 is 14.6 Å². The Morgan fingerprint density at radius 3 is 2.68 bits per heavy atom. The highest BCUT2D eigenvalue weighted by molar-refractivity contribution is 6.30. The van der Waals surface area contributed by atoms with Gasteiger partial charge in [-0.15, -0.1) is 0 Å². The van der Waals surface area contributed by atoms with Crippen molar-refractivity contribution in [3.8, 4) is 11.3 Å². The predicted octanol–water partition coefficient (Wildman–Crippen LogP) is 4.34. The Labute approximate surface area is 202 Å². The third kappa shape index (κ3) is 3.86. The van der Waals surface area contributed by atoms with Crippen molar-refractivity contribution >= 4 is 29.4 Å². The Balaban J connectivity index is 1.27. The molecule has 1 atom stereocenters. The number of benzene rings is 2. The van der Waals surface area contributed by atoms with Crippen molar-refractivity contribution in [3.05, 3.63) is 82.6 Å². The Bertz CT molecular complexity index is 1270. The maximum atomic E-state index is 13.4. The van der Waals surface area contributed by atoms with Gasteiger partial charge >= 0.3 is 6.03 Å². The van der Waals surface area contributed by atoms with E-state index in [1.165, 1.54) is 4.90 Å². The summed E-state index contributed by atoms with van der Waals surface area (Å²) in [5.41, 5.74) is 1.68. The van der Waals surface area contributed by atoms with E-state index in [1.54, 1.807) is 25.2 Å². The zero-order chi connectivity index (χ0) is 23.9. The number of fused-ring (bicyclic) bond motifs is 2. The molecule has 1 fully saturated rings. The van der Waals surface area contributed by atoms with Crippen molar-refractivity contribution < 1.29 is 18.8 Å². The van der Waals surface area contributed by atoms with Gasteiger partial charge in [0.05, 0.1) is 6.54 Å². The molecule has 4 amide bonds. The van der Waals surface area contributed by atoms with E-state index in [0.29, 0.717) is 23.0 Å². The number of furan rings is 1. The van der Waals surface area contributed by atoms with E-state index in [4.69, 9.17) is 16.0 Å². The molecule has 0 bridgehead atoms. The summed E-state index contributed by atoms with van der Waals surface area (Å²) >= 11 is 5.94. The van der Waals surface area contributed by atoms with Crippen LogP contribution in [0.3, 0.4) is 0 Å². The molecule has 1 saturated heterocycles. The number of hydrogen-bond donors (Lipinski definition) is 1. The second-order valence-corrected chi connectivity index (χ2v) is 9.20. The van der Waals surface area contributed by atoms with Crippen molar-refractivity contribution in [3.63, 3.8) is 0 Å². The van der Waals surface area contributed by atoms with Crippen LogP contribution in [0.1, 0.15) is 29.7 Å². The summed E-state index contributed by atoms with van der Waals surface area (Å²) in [5, 5.41) is 3.52. The molecule has 1 aliphatic heterocycles. The van der Waals surface area contributed by atoms with Crippen LogP contribution in [0.2, 0.25) is 5.02 Å². The number of rotatable bonds is 5. The van der Waals surface area contributed by atoms with Crippen LogP contribution < -0.4 is 5.32 Å². The summed E-state index contributed by atoms with van der Waals surface area (Å²) < 4.78 is 5.87. The van der Waals surface area contributed by atoms with Gasteiger partial charge in [0, 0.05) is 17.6 Å². The molecule has 1 aromatic heterocycles.